The summed E-state index contributed by atoms with van der Waals surface area (Å²) >= 11 is 1.71. The van der Waals surface area contributed by atoms with Crippen LogP contribution in [-0.2, 0) is 17.8 Å². The fourth-order valence-electron chi connectivity index (χ4n) is 2.44. The van der Waals surface area contributed by atoms with Gasteiger partial charge in [-0.1, -0.05) is 18.2 Å². The number of rotatable bonds is 8. The molecule has 2 rings (SSSR count). The molecule has 0 radical (unpaired) electrons. The Morgan fingerprint density at radius 3 is 2.52 bits per heavy atom. The summed E-state index contributed by atoms with van der Waals surface area (Å²) in [6.45, 7) is 3.20. The lowest BCUT2D eigenvalue weighted by molar-refractivity contribution is -0.125. The molecule has 0 fully saturated rings. The standard InChI is InChI=1S/C19H25N3O2S/c1-14(18(23)21-11-10-17-5-4-12-25-17)22(3)13-15-6-8-16(9-7-15)19(24)20-2/h4-9,12,14H,10-11,13H2,1-3H3,(H,20,24)(H,21,23). The van der Waals surface area contributed by atoms with Gasteiger partial charge >= 0.3 is 0 Å². The van der Waals surface area contributed by atoms with Crippen LogP contribution in [0.2, 0.25) is 0 Å². The third-order valence-corrected chi connectivity index (χ3v) is 5.10. The number of benzene rings is 1. The molecule has 2 amide bonds. The van der Waals surface area contributed by atoms with Crippen molar-refractivity contribution in [2.24, 2.45) is 0 Å². The zero-order valence-corrected chi connectivity index (χ0v) is 15.7. The summed E-state index contributed by atoms with van der Waals surface area (Å²) in [6, 6.07) is 11.3. The summed E-state index contributed by atoms with van der Waals surface area (Å²) in [7, 11) is 3.54. The monoisotopic (exact) mass is 359 g/mol. The van der Waals surface area contributed by atoms with E-state index in [1.807, 2.05) is 42.5 Å². The van der Waals surface area contributed by atoms with Gasteiger partial charge in [-0.3, -0.25) is 14.5 Å². The minimum Gasteiger partial charge on any atom is -0.355 e. The third kappa shape index (κ3) is 5.69. The molecule has 6 heteroatoms. The molecular weight excluding hydrogens is 334 g/mol. The van der Waals surface area contributed by atoms with Crippen molar-refractivity contribution in [2.45, 2.75) is 25.9 Å². The number of carbonyl (C=O) groups is 2. The first-order valence-corrected chi connectivity index (χ1v) is 9.20. The molecule has 0 spiro atoms. The zero-order chi connectivity index (χ0) is 18.2. The molecule has 2 aromatic rings. The zero-order valence-electron chi connectivity index (χ0n) is 14.9. The van der Waals surface area contributed by atoms with Gasteiger partial charge in [-0.2, -0.15) is 0 Å². The smallest absolute Gasteiger partial charge is 0.251 e. The van der Waals surface area contributed by atoms with Gasteiger partial charge in [-0.05, 0) is 49.5 Å². The van der Waals surface area contributed by atoms with E-state index in [9.17, 15) is 9.59 Å². The van der Waals surface area contributed by atoms with Gasteiger partial charge in [0.15, 0.2) is 0 Å². The summed E-state index contributed by atoms with van der Waals surface area (Å²) < 4.78 is 0. The van der Waals surface area contributed by atoms with Crippen LogP contribution in [0.5, 0.6) is 0 Å². The predicted octanol–water partition coefficient (Wildman–Crippen LogP) is 2.29. The van der Waals surface area contributed by atoms with E-state index >= 15 is 0 Å². The van der Waals surface area contributed by atoms with Gasteiger partial charge in [0, 0.05) is 30.6 Å². The van der Waals surface area contributed by atoms with Gasteiger partial charge < -0.3 is 10.6 Å². The van der Waals surface area contributed by atoms with E-state index < -0.39 is 0 Å². The maximum Gasteiger partial charge on any atom is 0.251 e. The van der Waals surface area contributed by atoms with Gasteiger partial charge in [0.25, 0.3) is 5.91 Å². The van der Waals surface area contributed by atoms with Crippen molar-refractivity contribution in [1.29, 1.82) is 0 Å². The van der Waals surface area contributed by atoms with Crippen molar-refractivity contribution in [3.8, 4) is 0 Å². The Labute approximate surface area is 153 Å². The molecule has 1 aromatic carbocycles. The highest BCUT2D eigenvalue weighted by Gasteiger charge is 2.17. The molecule has 1 heterocycles. The summed E-state index contributed by atoms with van der Waals surface area (Å²) in [6.07, 6.45) is 0.862. The van der Waals surface area contributed by atoms with E-state index in [2.05, 4.69) is 16.7 Å². The van der Waals surface area contributed by atoms with E-state index in [-0.39, 0.29) is 17.9 Å². The Kier molecular flexibility index (Phi) is 7.16. The van der Waals surface area contributed by atoms with Gasteiger partial charge in [0.1, 0.15) is 0 Å². The first-order valence-electron chi connectivity index (χ1n) is 8.32. The lowest BCUT2D eigenvalue weighted by Crippen LogP contribution is -2.43. The maximum atomic E-state index is 12.3. The number of likely N-dealkylation sites (N-methyl/N-ethyl adjacent to an activating group) is 1. The van der Waals surface area contributed by atoms with Crippen LogP contribution >= 0.6 is 11.3 Å². The molecule has 25 heavy (non-hydrogen) atoms. The molecule has 0 aliphatic carbocycles. The van der Waals surface area contributed by atoms with E-state index in [1.54, 1.807) is 30.5 Å². The Bertz CT molecular complexity index is 683. The largest absolute Gasteiger partial charge is 0.355 e. The number of carbonyl (C=O) groups excluding carboxylic acids is 2. The van der Waals surface area contributed by atoms with Gasteiger partial charge in [-0.15, -0.1) is 11.3 Å². The van der Waals surface area contributed by atoms with Crippen molar-refractivity contribution in [1.82, 2.24) is 15.5 Å². The average molecular weight is 359 g/mol. The summed E-state index contributed by atoms with van der Waals surface area (Å²) in [4.78, 5) is 27.1. The van der Waals surface area contributed by atoms with Crippen LogP contribution in [0.4, 0.5) is 0 Å². The first-order chi connectivity index (χ1) is 12.0. The molecule has 2 N–H and O–H groups in total. The average Bonchev–Trinajstić information content (AvgIpc) is 3.14. The van der Waals surface area contributed by atoms with Gasteiger partial charge in [-0.25, -0.2) is 0 Å². The maximum absolute atomic E-state index is 12.3. The third-order valence-electron chi connectivity index (χ3n) is 4.17. The van der Waals surface area contributed by atoms with E-state index in [0.29, 0.717) is 18.7 Å². The van der Waals surface area contributed by atoms with E-state index in [4.69, 9.17) is 0 Å². The normalized spacial score (nSPS) is 12.0. The molecule has 0 bridgehead atoms. The number of thiophene rings is 1. The molecule has 0 aliphatic heterocycles. The van der Waals surface area contributed by atoms with Gasteiger partial charge in [0.2, 0.25) is 5.91 Å². The molecule has 0 saturated carbocycles. The van der Waals surface area contributed by atoms with Crippen LogP contribution in [0.1, 0.15) is 27.7 Å². The van der Waals surface area contributed by atoms with Crippen molar-refractivity contribution in [3.05, 3.63) is 57.8 Å². The highest BCUT2D eigenvalue weighted by molar-refractivity contribution is 7.09. The number of amides is 2. The molecule has 134 valence electrons. The topological polar surface area (TPSA) is 61.4 Å². The van der Waals surface area contributed by atoms with Crippen LogP contribution in [0, 0.1) is 0 Å². The minimum atomic E-state index is -0.220. The molecule has 1 unspecified atom stereocenters. The Morgan fingerprint density at radius 2 is 1.92 bits per heavy atom. The second-order valence-electron chi connectivity index (χ2n) is 5.99. The summed E-state index contributed by atoms with van der Waals surface area (Å²) in [5, 5.41) is 7.64. The van der Waals surface area contributed by atoms with Crippen molar-refractivity contribution in [3.63, 3.8) is 0 Å². The van der Waals surface area contributed by atoms with E-state index in [1.165, 1.54) is 4.88 Å². The van der Waals surface area contributed by atoms with Crippen molar-refractivity contribution < 1.29 is 9.59 Å². The van der Waals surface area contributed by atoms with Crippen LogP contribution in [0.15, 0.2) is 41.8 Å². The second-order valence-corrected chi connectivity index (χ2v) is 7.02. The second kappa shape index (κ2) is 9.34. The summed E-state index contributed by atoms with van der Waals surface area (Å²) in [5.74, 6) is -0.0700. The van der Waals surface area contributed by atoms with E-state index in [0.717, 1.165) is 12.0 Å². The lowest BCUT2D eigenvalue weighted by Gasteiger charge is -2.24. The minimum absolute atomic E-state index is 0.0287. The SMILES string of the molecule is CNC(=O)c1ccc(CN(C)C(C)C(=O)NCCc2cccs2)cc1. The molecule has 0 saturated heterocycles. The number of hydrogen-bond acceptors (Lipinski definition) is 4. The first kappa shape index (κ1) is 19.1. The molecule has 1 atom stereocenters. The fourth-order valence-corrected chi connectivity index (χ4v) is 3.15. The highest BCUT2D eigenvalue weighted by atomic mass is 32.1. The highest BCUT2D eigenvalue weighted by Crippen LogP contribution is 2.10. The Morgan fingerprint density at radius 1 is 1.20 bits per heavy atom. The van der Waals surface area contributed by atoms with Crippen LogP contribution in [0.3, 0.4) is 0 Å². The van der Waals surface area contributed by atoms with Crippen molar-refractivity contribution >= 4 is 23.2 Å². The van der Waals surface area contributed by atoms with Crippen LogP contribution in [-0.4, -0.2) is 43.4 Å². The number of hydrogen-bond donors (Lipinski definition) is 2. The van der Waals surface area contributed by atoms with Crippen LogP contribution in [0.25, 0.3) is 0 Å². The molecular formula is C19H25N3O2S. The predicted molar refractivity (Wildman–Crippen MR) is 102 cm³/mol. The lowest BCUT2D eigenvalue weighted by atomic mass is 10.1. The number of nitrogens with one attached hydrogen (secondary N) is 2. The molecule has 1 aromatic heterocycles. The Hall–Kier alpha value is -2.18. The number of nitrogens with zero attached hydrogens (tertiary/aromatic N) is 1. The molecule has 0 aliphatic rings. The molecule has 5 nitrogen and oxygen atoms in total. The Balaban J connectivity index is 1.81. The fraction of sp³-hybridized carbons (Fsp3) is 0.368. The van der Waals surface area contributed by atoms with Crippen molar-refractivity contribution in [2.75, 3.05) is 20.6 Å². The quantitative estimate of drug-likeness (QED) is 0.760. The summed E-state index contributed by atoms with van der Waals surface area (Å²) in [5.41, 5.74) is 1.70. The van der Waals surface area contributed by atoms with Crippen LogP contribution < -0.4 is 10.6 Å². The van der Waals surface area contributed by atoms with Gasteiger partial charge in [0.05, 0.1) is 6.04 Å².